The van der Waals surface area contributed by atoms with Gasteiger partial charge in [-0.3, -0.25) is 4.79 Å². The molecule has 0 aliphatic carbocycles. The van der Waals surface area contributed by atoms with Crippen LogP contribution in [0, 0.1) is 0 Å². The highest BCUT2D eigenvalue weighted by Gasteiger charge is 2.00. The maximum atomic E-state index is 11.6. The summed E-state index contributed by atoms with van der Waals surface area (Å²) in [5.74, 6) is 0. The highest BCUT2D eigenvalue weighted by Crippen LogP contribution is 2.16. The zero-order chi connectivity index (χ0) is 13.5. The molecule has 0 unspecified atom stereocenters. The average Bonchev–Trinajstić information content (AvgIpc) is 2.43. The van der Waals surface area contributed by atoms with Gasteiger partial charge in [0.2, 0.25) is 0 Å². The summed E-state index contributed by atoms with van der Waals surface area (Å²) in [6.45, 7) is 3.62. The van der Waals surface area contributed by atoms with Gasteiger partial charge >= 0.3 is 0 Å². The molecule has 0 radical (unpaired) electrons. The van der Waals surface area contributed by atoms with E-state index in [1.165, 1.54) is 11.3 Å². The molecule has 0 fully saturated rings. The van der Waals surface area contributed by atoms with Crippen molar-refractivity contribution in [2.75, 3.05) is 11.9 Å². The molecule has 0 bridgehead atoms. The second kappa shape index (κ2) is 6.78. The highest BCUT2D eigenvalue weighted by atomic mass is 16.1. The van der Waals surface area contributed by atoms with E-state index in [4.69, 9.17) is 0 Å². The van der Waals surface area contributed by atoms with E-state index in [1.807, 2.05) is 18.3 Å². The molecule has 0 atom stereocenters. The van der Waals surface area contributed by atoms with Crippen LogP contribution in [0.4, 0.5) is 5.69 Å². The first-order chi connectivity index (χ1) is 9.31. The molecule has 1 heterocycles. The largest absolute Gasteiger partial charge is 0.383 e. The van der Waals surface area contributed by atoms with Crippen LogP contribution in [-0.4, -0.2) is 11.1 Å². The highest BCUT2D eigenvalue weighted by molar-refractivity contribution is 5.51. The molecule has 3 nitrogen and oxygen atoms in total. The Morgan fingerprint density at radius 3 is 2.68 bits per heavy atom. The Morgan fingerprint density at radius 1 is 1.11 bits per heavy atom. The predicted molar refractivity (Wildman–Crippen MR) is 79.6 cm³/mol. The van der Waals surface area contributed by atoms with Crippen LogP contribution in [0.3, 0.4) is 0 Å². The van der Waals surface area contributed by atoms with Crippen LogP contribution in [0.2, 0.25) is 0 Å². The molecule has 3 heteroatoms. The van der Waals surface area contributed by atoms with Crippen molar-refractivity contribution in [1.82, 2.24) is 4.57 Å². The first-order valence-corrected chi connectivity index (χ1v) is 6.78. The molecule has 2 aromatic rings. The Bertz CT molecular complexity index is 575. The van der Waals surface area contributed by atoms with Crippen LogP contribution in [0.25, 0.3) is 0 Å². The fourth-order valence-corrected chi connectivity index (χ4v) is 2.14. The lowest BCUT2D eigenvalue weighted by Gasteiger charge is -2.12. The summed E-state index contributed by atoms with van der Waals surface area (Å²) in [6, 6.07) is 13.6. The normalized spacial score (nSPS) is 10.4. The molecule has 2 rings (SSSR count). The van der Waals surface area contributed by atoms with Crippen LogP contribution in [0.5, 0.6) is 0 Å². The lowest BCUT2D eigenvalue weighted by atomic mass is 10.1. The average molecular weight is 256 g/mol. The molecule has 0 saturated carbocycles. The van der Waals surface area contributed by atoms with Crippen molar-refractivity contribution in [3.8, 4) is 0 Å². The molecule has 100 valence electrons. The summed E-state index contributed by atoms with van der Waals surface area (Å²) >= 11 is 0. The monoisotopic (exact) mass is 256 g/mol. The molecular formula is C16H20N2O. The Hall–Kier alpha value is -2.03. The van der Waals surface area contributed by atoms with E-state index in [2.05, 4.69) is 30.4 Å². The summed E-state index contributed by atoms with van der Waals surface area (Å²) in [7, 11) is 0. The van der Waals surface area contributed by atoms with Crippen molar-refractivity contribution >= 4 is 5.69 Å². The number of para-hydroxylation sites is 1. The van der Waals surface area contributed by atoms with E-state index in [1.54, 1.807) is 16.7 Å². The summed E-state index contributed by atoms with van der Waals surface area (Å²) in [6.07, 6.45) is 4.03. The molecule has 0 spiro atoms. The van der Waals surface area contributed by atoms with E-state index < -0.39 is 0 Å². The second-order valence-electron chi connectivity index (χ2n) is 4.57. The molecule has 1 aromatic carbocycles. The number of aromatic nitrogens is 1. The van der Waals surface area contributed by atoms with E-state index in [0.717, 1.165) is 19.4 Å². The van der Waals surface area contributed by atoms with Gasteiger partial charge in [0.05, 0.1) is 0 Å². The third-order valence-corrected chi connectivity index (χ3v) is 3.10. The maximum absolute atomic E-state index is 11.6. The number of pyridine rings is 1. The third-order valence-electron chi connectivity index (χ3n) is 3.10. The Kier molecular flexibility index (Phi) is 4.78. The van der Waals surface area contributed by atoms with Crippen molar-refractivity contribution < 1.29 is 0 Å². The van der Waals surface area contributed by atoms with E-state index in [0.29, 0.717) is 6.54 Å². The van der Waals surface area contributed by atoms with Gasteiger partial charge < -0.3 is 9.88 Å². The number of hydrogen-bond acceptors (Lipinski definition) is 2. The van der Waals surface area contributed by atoms with Gasteiger partial charge in [-0.1, -0.05) is 37.6 Å². The van der Waals surface area contributed by atoms with Crippen molar-refractivity contribution in [3.05, 3.63) is 64.6 Å². The molecule has 0 amide bonds. The van der Waals surface area contributed by atoms with E-state index in [-0.39, 0.29) is 5.56 Å². The fraction of sp³-hybridized carbons (Fsp3) is 0.312. The van der Waals surface area contributed by atoms with Gasteiger partial charge in [-0.25, -0.2) is 0 Å². The summed E-state index contributed by atoms with van der Waals surface area (Å²) in [4.78, 5) is 11.6. The topological polar surface area (TPSA) is 34.0 Å². The van der Waals surface area contributed by atoms with Crippen LogP contribution < -0.4 is 10.9 Å². The van der Waals surface area contributed by atoms with Crippen molar-refractivity contribution in [1.29, 1.82) is 0 Å². The van der Waals surface area contributed by atoms with E-state index >= 15 is 0 Å². The summed E-state index contributed by atoms with van der Waals surface area (Å²) in [5.41, 5.74) is 2.56. The fourth-order valence-electron chi connectivity index (χ4n) is 2.14. The van der Waals surface area contributed by atoms with Crippen molar-refractivity contribution in [3.63, 3.8) is 0 Å². The molecule has 0 aliphatic heterocycles. The van der Waals surface area contributed by atoms with Crippen LogP contribution in [-0.2, 0) is 13.0 Å². The number of aryl methyl sites for hydroxylation is 1. The number of hydrogen-bond donors (Lipinski definition) is 1. The minimum Gasteiger partial charge on any atom is -0.383 e. The van der Waals surface area contributed by atoms with Gasteiger partial charge in [-0.2, -0.15) is 0 Å². The molecular weight excluding hydrogens is 236 g/mol. The standard InChI is InChI=1S/C16H20N2O/c1-2-7-14-8-3-4-9-15(14)17-11-13-18-12-6-5-10-16(18)19/h3-6,8-10,12,17H,2,7,11,13H2,1H3. The Labute approximate surface area is 113 Å². The van der Waals surface area contributed by atoms with Crippen molar-refractivity contribution in [2.45, 2.75) is 26.3 Å². The second-order valence-corrected chi connectivity index (χ2v) is 4.57. The van der Waals surface area contributed by atoms with Gasteiger partial charge in [0.1, 0.15) is 0 Å². The quantitative estimate of drug-likeness (QED) is 0.862. The van der Waals surface area contributed by atoms with Crippen LogP contribution in [0.1, 0.15) is 18.9 Å². The van der Waals surface area contributed by atoms with Crippen molar-refractivity contribution in [2.24, 2.45) is 0 Å². The first kappa shape index (κ1) is 13.4. The Morgan fingerprint density at radius 2 is 1.89 bits per heavy atom. The molecule has 1 aromatic heterocycles. The lowest BCUT2D eigenvalue weighted by Crippen LogP contribution is -2.22. The third kappa shape index (κ3) is 3.71. The summed E-state index contributed by atoms with van der Waals surface area (Å²) < 4.78 is 1.72. The maximum Gasteiger partial charge on any atom is 0.250 e. The SMILES string of the molecule is CCCc1ccccc1NCCn1ccccc1=O. The van der Waals surface area contributed by atoms with Gasteiger partial charge in [0, 0.05) is 31.0 Å². The number of rotatable bonds is 6. The minimum absolute atomic E-state index is 0.0474. The van der Waals surface area contributed by atoms with Gasteiger partial charge in [0.15, 0.2) is 0 Å². The van der Waals surface area contributed by atoms with E-state index in [9.17, 15) is 4.79 Å². The smallest absolute Gasteiger partial charge is 0.250 e. The molecule has 0 aliphatic rings. The van der Waals surface area contributed by atoms with Gasteiger partial charge in [-0.05, 0) is 24.1 Å². The lowest BCUT2D eigenvalue weighted by molar-refractivity contribution is 0.697. The van der Waals surface area contributed by atoms with Gasteiger partial charge in [-0.15, -0.1) is 0 Å². The predicted octanol–water partition coefficient (Wildman–Crippen LogP) is 2.91. The minimum atomic E-state index is 0.0474. The zero-order valence-electron chi connectivity index (χ0n) is 11.3. The summed E-state index contributed by atoms with van der Waals surface area (Å²) in [5, 5.41) is 3.41. The molecule has 1 N–H and O–H groups in total. The number of nitrogens with zero attached hydrogens (tertiary/aromatic N) is 1. The van der Waals surface area contributed by atoms with Crippen LogP contribution >= 0.6 is 0 Å². The van der Waals surface area contributed by atoms with Crippen LogP contribution in [0.15, 0.2) is 53.5 Å². The van der Waals surface area contributed by atoms with Gasteiger partial charge in [0.25, 0.3) is 5.56 Å². The first-order valence-electron chi connectivity index (χ1n) is 6.78. The number of benzene rings is 1. The molecule has 19 heavy (non-hydrogen) atoms. The number of nitrogens with one attached hydrogen (secondary N) is 1. The zero-order valence-corrected chi connectivity index (χ0v) is 11.3. The number of anilines is 1. The Balaban J connectivity index is 1.96. The molecule has 0 saturated heterocycles.